The van der Waals surface area contributed by atoms with Gasteiger partial charge in [0.15, 0.2) is 0 Å². The Balaban J connectivity index is 1.79. The normalized spacial score (nSPS) is 18.4. The molecule has 2 aromatic carbocycles. The predicted octanol–water partition coefficient (Wildman–Crippen LogP) is 3.24. The molecule has 0 unspecified atom stereocenters. The lowest BCUT2D eigenvalue weighted by Crippen LogP contribution is -2.41. The number of carbonyl (C=O) groups is 1. The molecule has 0 spiro atoms. The monoisotopic (exact) mass is 323 g/mol. The number of hydrogen-bond donors (Lipinski definition) is 1. The van der Waals surface area contributed by atoms with Crippen molar-refractivity contribution in [2.45, 2.75) is 38.9 Å². The fourth-order valence-electron chi connectivity index (χ4n) is 2.53. The third-order valence-electron chi connectivity index (χ3n) is 4.71. The summed E-state index contributed by atoms with van der Waals surface area (Å²) in [5.41, 5.74) is 1.38. The minimum atomic E-state index is -0.473. The number of carbonyl (C=O) groups excluding carboxylic acids is 1. The fraction of sp³-hybridized carbons (Fsp3) is 0.316. The van der Waals surface area contributed by atoms with Crippen molar-refractivity contribution in [1.29, 1.82) is 0 Å². The average molecular weight is 323 g/mol. The van der Waals surface area contributed by atoms with Crippen molar-refractivity contribution in [3.63, 3.8) is 0 Å². The van der Waals surface area contributed by atoms with Gasteiger partial charge in [-0.1, -0.05) is 30.3 Å². The third-order valence-corrected chi connectivity index (χ3v) is 4.71. The number of anilines is 1. The van der Waals surface area contributed by atoms with E-state index in [4.69, 9.17) is 9.31 Å². The van der Waals surface area contributed by atoms with Crippen molar-refractivity contribution >= 4 is 24.2 Å². The first-order chi connectivity index (χ1) is 11.3. The van der Waals surface area contributed by atoms with Gasteiger partial charge in [0, 0.05) is 11.3 Å². The Kier molecular flexibility index (Phi) is 4.24. The summed E-state index contributed by atoms with van der Waals surface area (Å²) in [6, 6.07) is 16.8. The standard InChI is InChI=1S/C19H22BNO3/c1-18(2)19(3,4)24-20(23-18)15-10-8-9-14(13-15)17(22)21-16-11-6-5-7-12-16/h5-13H,1-4H3,(H,21,22). The van der Waals surface area contributed by atoms with Crippen LogP contribution in [0, 0.1) is 0 Å². The molecular formula is C19H22BNO3. The van der Waals surface area contributed by atoms with Crippen molar-refractivity contribution in [2.24, 2.45) is 0 Å². The lowest BCUT2D eigenvalue weighted by atomic mass is 9.78. The second-order valence-corrected chi connectivity index (χ2v) is 7.03. The van der Waals surface area contributed by atoms with E-state index in [1.807, 2.05) is 76.2 Å². The Morgan fingerprint density at radius 1 is 0.917 bits per heavy atom. The lowest BCUT2D eigenvalue weighted by molar-refractivity contribution is 0.00578. The van der Waals surface area contributed by atoms with E-state index in [0.29, 0.717) is 5.56 Å². The van der Waals surface area contributed by atoms with Crippen LogP contribution in [0.5, 0.6) is 0 Å². The van der Waals surface area contributed by atoms with E-state index in [0.717, 1.165) is 11.2 Å². The highest BCUT2D eigenvalue weighted by Gasteiger charge is 2.51. The van der Waals surface area contributed by atoms with Crippen LogP contribution in [0.25, 0.3) is 0 Å². The molecule has 1 aliphatic rings. The zero-order valence-electron chi connectivity index (χ0n) is 14.5. The number of amides is 1. The first-order valence-electron chi connectivity index (χ1n) is 8.10. The minimum absolute atomic E-state index is 0.153. The number of rotatable bonds is 3. The van der Waals surface area contributed by atoms with Gasteiger partial charge >= 0.3 is 7.12 Å². The molecule has 1 N–H and O–H groups in total. The van der Waals surface area contributed by atoms with E-state index in [9.17, 15) is 4.79 Å². The summed E-state index contributed by atoms with van der Waals surface area (Å²) in [7, 11) is -0.473. The van der Waals surface area contributed by atoms with Crippen molar-refractivity contribution < 1.29 is 14.1 Å². The average Bonchev–Trinajstić information content (AvgIpc) is 2.76. The summed E-state index contributed by atoms with van der Waals surface area (Å²) in [6.07, 6.45) is 0. The van der Waals surface area contributed by atoms with Gasteiger partial charge in [0.25, 0.3) is 5.91 Å². The van der Waals surface area contributed by atoms with E-state index < -0.39 is 18.3 Å². The number of nitrogens with one attached hydrogen (secondary N) is 1. The third kappa shape index (κ3) is 3.23. The quantitative estimate of drug-likeness (QED) is 0.882. The molecule has 5 heteroatoms. The molecule has 3 rings (SSSR count). The number of benzene rings is 2. The molecule has 0 saturated carbocycles. The molecule has 1 heterocycles. The molecule has 124 valence electrons. The topological polar surface area (TPSA) is 47.6 Å². The summed E-state index contributed by atoms with van der Waals surface area (Å²) in [6.45, 7) is 8.05. The van der Waals surface area contributed by atoms with Crippen LogP contribution >= 0.6 is 0 Å². The van der Waals surface area contributed by atoms with Gasteiger partial charge in [-0.15, -0.1) is 0 Å². The van der Waals surface area contributed by atoms with E-state index >= 15 is 0 Å². The van der Waals surface area contributed by atoms with Crippen LogP contribution in [-0.2, 0) is 9.31 Å². The minimum Gasteiger partial charge on any atom is -0.399 e. The maximum absolute atomic E-state index is 12.4. The molecule has 0 aromatic heterocycles. The summed E-state index contributed by atoms with van der Waals surface area (Å²) in [5.74, 6) is -0.153. The van der Waals surface area contributed by atoms with Gasteiger partial charge in [0.05, 0.1) is 11.2 Å². The highest BCUT2D eigenvalue weighted by Crippen LogP contribution is 2.36. The van der Waals surface area contributed by atoms with Gasteiger partial charge in [0.1, 0.15) is 0 Å². The molecular weight excluding hydrogens is 301 g/mol. The Bertz CT molecular complexity index is 727. The van der Waals surface area contributed by atoms with Gasteiger partial charge in [-0.25, -0.2) is 0 Å². The largest absolute Gasteiger partial charge is 0.494 e. The lowest BCUT2D eigenvalue weighted by Gasteiger charge is -2.32. The SMILES string of the molecule is CC1(C)OB(c2cccc(C(=O)Nc3ccccc3)c2)OC1(C)C. The predicted molar refractivity (Wildman–Crippen MR) is 96.6 cm³/mol. The van der Waals surface area contributed by atoms with E-state index in [2.05, 4.69) is 5.32 Å². The van der Waals surface area contributed by atoms with Crippen molar-refractivity contribution in [3.05, 3.63) is 60.2 Å². The Hall–Kier alpha value is -2.11. The van der Waals surface area contributed by atoms with E-state index in [-0.39, 0.29) is 5.91 Å². The molecule has 1 amide bonds. The summed E-state index contributed by atoms with van der Waals surface area (Å²) in [5, 5.41) is 2.89. The highest BCUT2D eigenvalue weighted by atomic mass is 16.7. The van der Waals surface area contributed by atoms with Gasteiger partial charge in [-0.3, -0.25) is 4.79 Å². The maximum atomic E-state index is 12.4. The van der Waals surface area contributed by atoms with Gasteiger partial charge < -0.3 is 14.6 Å². The highest BCUT2D eigenvalue weighted by molar-refractivity contribution is 6.62. The number of hydrogen-bond acceptors (Lipinski definition) is 3. The maximum Gasteiger partial charge on any atom is 0.494 e. The molecule has 0 aliphatic carbocycles. The second kappa shape index (κ2) is 6.08. The van der Waals surface area contributed by atoms with Gasteiger partial charge in [-0.05, 0) is 57.4 Å². The van der Waals surface area contributed by atoms with Crippen LogP contribution in [0.2, 0.25) is 0 Å². The van der Waals surface area contributed by atoms with Crippen LogP contribution in [0.15, 0.2) is 54.6 Å². The molecule has 1 saturated heterocycles. The van der Waals surface area contributed by atoms with Crippen molar-refractivity contribution in [1.82, 2.24) is 0 Å². The molecule has 1 fully saturated rings. The van der Waals surface area contributed by atoms with Gasteiger partial charge in [-0.2, -0.15) is 0 Å². The van der Waals surface area contributed by atoms with Crippen LogP contribution in [0.3, 0.4) is 0 Å². The summed E-state index contributed by atoms with van der Waals surface area (Å²) >= 11 is 0. The smallest absolute Gasteiger partial charge is 0.399 e. The van der Waals surface area contributed by atoms with Crippen LogP contribution in [0.4, 0.5) is 5.69 Å². The van der Waals surface area contributed by atoms with Crippen molar-refractivity contribution in [2.75, 3.05) is 5.32 Å². The Labute approximate surface area is 143 Å². The summed E-state index contributed by atoms with van der Waals surface area (Å²) in [4.78, 5) is 12.4. The van der Waals surface area contributed by atoms with E-state index in [1.165, 1.54) is 0 Å². The van der Waals surface area contributed by atoms with Crippen LogP contribution in [0.1, 0.15) is 38.1 Å². The van der Waals surface area contributed by atoms with Gasteiger partial charge in [0.2, 0.25) is 0 Å². The van der Waals surface area contributed by atoms with Crippen LogP contribution in [-0.4, -0.2) is 24.2 Å². The van der Waals surface area contributed by atoms with E-state index in [1.54, 1.807) is 6.07 Å². The Morgan fingerprint density at radius 3 is 2.17 bits per heavy atom. The zero-order chi connectivity index (χ0) is 17.4. The molecule has 4 nitrogen and oxygen atoms in total. The fourth-order valence-corrected chi connectivity index (χ4v) is 2.53. The second-order valence-electron chi connectivity index (χ2n) is 7.03. The molecule has 1 aliphatic heterocycles. The first-order valence-corrected chi connectivity index (χ1v) is 8.10. The van der Waals surface area contributed by atoms with Crippen molar-refractivity contribution in [3.8, 4) is 0 Å². The zero-order valence-corrected chi connectivity index (χ0v) is 14.5. The summed E-state index contributed by atoms with van der Waals surface area (Å²) < 4.78 is 12.1. The molecule has 0 bridgehead atoms. The van der Waals surface area contributed by atoms with Crippen LogP contribution < -0.4 is 10.8 Å². The molecule has 0 atom stereocenters. The first kappa shape index (κ1) is 16.7. The Morgan fingerprint density at radius 2 is 1.54 bits per heavy atom. The number of para-hydroxylation sites is 1. The molecule has 2 aromatic rings. The molecule has 0 radical (unpaired) electrons. The molecule has 24 heavy (non-hydrogen) atoms.